The zero-order valence-corrected chi connectivity index (χ0v) is 13.9. The summed E-state index contributed by atoms with van der Waals surface area (Å²) in [4.78, 5) is 14.7. The molecule has 2 aliphatic heterocycles. The molecule has 4 rings (SSSR count). The molecule has 2 aromatic rings. The van der Waals surface area contributed by atoms with E-state index in [-0.39, 0.29) is 5.91 Å². The first-order chi connectivity index (χ1) is 11.8. The van der Waals surface area contributed by atoms with Crippen molar-refractivity contribution in [3.8, 4) is 5.69 Å². The standard InChI is InChI=1S/C19H24N4O/c24-19(22-8-6-16-12-20-13-17(16)7-9-22)10-15-11-21-23(14-15)18-4-2-1-3-5-18/h1-5,11,14,16-17,20H,6-10,12-13H2/t16-,17+. The van der Waals surface area contributed by atoms with Gasteiger partial charge in [0.05, 0.1) is 18.3 Å². The third-order valence-electron chi connectivity index (χ3n) is 5.38. The molecule has 2 atom stereocenters. The van der Waals surface area contributed by atoms with E-state index in [0.29, 0.717) is 6.42 Å². The maximum atomic E-state index is 12.7. The molecule has 24 heavy (non-hydrogen) atoms. The highest BCUT2D eigenvalue weighted by molar-refractivity contribution is 5.78. The summed E-state index contributed by atoms with van der Waals surface area (Å²) in [5, 5.41) is 7.87. The van der Waals surface area contributed by atoms with Gasteiger partial charge < -0.3 is 10.2 Å². The molecule has 1 N–H and O–H groups in total. The van der Waals surface area contributed by atoms with Gasteiger partial charge in [0.15, 0.2) is 0 Å². The van der Waals surface area contributed by atoms with E-state index in [1.807, 2.05) is 41.2 Å². The van der Waals surface area contributed by atoms with Crippen LogP contribution in [0.5, 0.6) is 0 Å². The van der Waals surface area contributed by atoms with E-state index in [1.165, 1.54) is 0 Å². The van der Waals surface area contributed by atoms with Gasteiger partial charge in [-0.3, -0.25) is 4.79 Å². The Morgan fingerprint density at radius 3 is 2.54 bits per heavy atom. The van der Waals surface area contributed by atoms with Crippen molar-refractivity contribution in [2.75, 3.05) is 26.2 Å². The Hall–Kier alpha value is -2.14. The molecule has 0 saturated carbocycles. The largest absolute Gasteiger partial charge is 0.342 e. The fourth-order valence-electron chi connectivity index (χ4n) is 3.93. The maximum Gasteiger partial charge on any atom is 0.227 e. The lowest BCUT2D eigenvalue weighted by Crippen LogP contribution is -2.33. The number of nitrogens with zero attached hydrogens (tertiary/aromatic N) is 3. The Bertz CT molecular complexity index is 682. The molecular formula is C19H24N4O. The highest BCUT2D eigenvalue weighted by atomic mass is 16.2. The predicted molar refractivity (Wildman–Crippen MR) is 92.9 cm³/mol. The molecule has 0 radical (unpaired) electrons. The number of hydrogen-bond acceptors (Lipinski definition) is 3. The number of hydrogen-bond donors (Lipinski definition) is 1. The second-order valence-corrected chi connectivity index (χ2v) is 6.94. The molecule has 0 unspecified atom stereocenters. The van der Waals surface area contributed by atoms with E-state index in [4.69, 9.17) is 0 Å². The van der Waals surface area contributed by atoms with Crippen molar-refractivity contribution < 1.29 is 4.79 Å². The van der Waals surface area contributed by atoms with Gasteiger partial charge in [0.25, 0.3) is 0 Å². The first kappa shape index (κ1) is 15.4. The van der Waals surface area contributed by atoms with Gasteiger partial charge in [-0.15, -0.1) is 0 Å². The molecule has 0 aliphatic carbocycles. The predicted octanol–water partition coefficient (Wildman–Crippen LogP) is 1.87. The van der Waals surface area contributed by atoms with E-state index in [0.717, 1.165) is 62.1 Å². The summed E-state index contributed by atoms with van der Waals surface area (Å²) in [5.41, 5.74) is 2.00. The van der Waals surface area contributed by atoms with Crippen LogP contribution in [0.1, 0.15) is 18.4 Å². The third kappa shape index (κ3) is 3.22. The minimum Gasteiger partial charge on any atom is -0.342 e. The lowest BCUT2D eigenvalue weighted by molar-refractivity contribution is -0.130. The molecule has 0 spiro atoms. The molecule has 1 amide bonds. The summed E-state index contributed by atoms with van der Waals surface area (Å²) in [6.07, 6.45) is 6.48. The van der Waals surface area contributed by atoms with Crippen LogP contribution in [0.3, 0.4) is 0 Å². The second-order valence-electron chi connectivity index (χ2n) is 6.94. The van der Waals surface area contributed by atoms with Gasteiger partial charge in [0, 0.05) is 19.3 Å². The van der Waals surface area contributed by atoms with Crippen LogP contribution >= 0.6 is 0 Å². The number of benzene rings is 1. The third-order valence-corrected chi connectivity index (χ3v) is 5.38. The van der Waals surface area contributed by atoms with Crippen molar-refractivity contribution in [2.45, 2.75) is 19.3 Å². The molecule has 3 heterocycles. The Kier molecular flexibility index (Phi) is 4.34. The smallest absolute Gasteiger partial charge is 0.227 e. The topological polar surface area (TPSA) is 50.2 Å². The minimum absolute atomic E-state index is 0.232. The van der Waals surface area contributed by atoms with Crippen molar-refractivity contribution in [1.82, 2.24) is 20.0 Å². The van der Waals surface area contributed by atoms with E-state index >= 15 is 0 Å². The van der Waals surface area contributed by atoms with Gasteiger partial charge in [-0.25, -0.2) is 4.68 Å². The highest BCUT2D eigenvalue weighted by Crippen LogP contribution is 2.27. The van der Waals surface area contributed by atoms with Crippen LogP contribution in [0.2, 0.25) is 0 Å². The Morgan fingerprint density at radius 1 is 1.12 bits per heavy atom. The summed E-state index contributed by atoms with van der Waals surface area (Å²) >= 11 is 0. The average Bonchev–Trinajstić information content (AvgIpc) is 3.21. The Morgan fingerprint density at radius 2 is 1.83 bits per heavy atom. The number of carbonyl (C=O) groups excluding carboxylic acids is 1. The summed E-state index contributed by atoms with van der Waals surface area (Å²) in [6.45, 7) is 4.04. The summed E-state index contributed by atoms with van der Waals surface area (Å²) in [7, 11) is 0. The lowest BCUT2D eigenvalue weighted by atomic mass is 9.92. The summed E-state index contributed by atoms with van der Waals surface area (Å²) < 4.78 is 1.83. The molecule has 1 aromatic heterocycles. The first-order valence-corrected chi connectivity index (χ1v) is 8.87. The molecule has 126 valence electrons. The average molecular weight is 324 g/mol. The quantitative estimate of drug-likeness (QED) is 0.938. The van der Waals surface area contributed by atoms with E-state index in [9.17, 15) is 4.79 Å². The fraction of sp³-hybridized carbons (Fsp3) is 0.474. The van der Waals surface area contributed by atoms with Crippen molar-refractivity contribution in [2.24, 2.45) is 11.8 Å². The van der Waals surface area contributed by atoms with E-state index in [2.05, 4.69) is 15.3 Å². The molecule has 2 fully saturated rings. The molecular weight excluding hydrogens is 300 g/mol. The number of aromatic nitrogens is 2. The molecule has 2 saturated heterocycles. The summed E-state index contributed by atoms with van der Waals surface area (Å²) in [6, 6.07) is 10.00. The van der Waals surface area contributed by atoms with Gasteiger partial charge in [0.1, 0.15) is 0 Å². The zero-order chi connectivity index (χ0) is 16.4. The first-order valence-electron chi connectivity index (χ1n) is 8.87. The fourth-order valence-corrected chi connectivity index (χ4v) is 3.93. The van der Waals surface area contributed by atoms with Crippen molar-refractivity contribution in [3.63, 3.8) is 0 Å². The maximum absolute atomic E-state index is 12.7. The normalized spacial score (nSPS) is 23.8. The van der Waals surface area contributed by atoms with Gasteiger partial charge in [-0.05, 0) is 55.5 Å². The van der Waals surface area contributed by atoms with E-state index in [1.54, 1.807) is 6.20 Å². The van der Waals surface area contributed by atoms with Crippen molar-refractivity contribution in [1.29, 1.82) is 0 Å². The van der Waals surface area contributed by atoms with Gasteiger partial charge in [-0.1, -0.05) is 18.2 Å². The van der Waals surface area contributed by atoms with Crippen molar-refractivity contribution in [3.05, 3.63) is 48.3 Å². The lowest BCUT2D eigenvalue weighted by Gasteiger charge is -2.20. The number of carbonyl (C=O) groups is 1. The number of nitrogens with one attached hydrogen (secondary N) is 1. The van der Waals surface area contributed by atoms with Crippen LogP contribution in [0.25, 0.3) is 5.69 Å². The van der Waals surface area contributed by atoms with Crippen LogP contribution in [-0.4, -0.2) is 46.8 Å². The molecule has 5 nitrogen and oxygen atoms in total. The van der Waals surface area contributed by atoms with Gasteiger partial charge in [0.2, 0.25) is 5.91 Å². The molecule has 5 heteroatoms. The van der Waals surface area contributed by atoms with Gasteiger partial charge in [-0.2, -0.15) is 5.10 Å². The van der Waals surface area contributed by atoms with Crippen LogP contribution < -0.4 is 5.32 Å². The van der Waals surface area contributed by atoms with Crippen LogP contribution in [-0.2, 0) is 11.2 Å². The second kappa shape index (κ2) is 6.77. The van der Waals surface area contributed by atoms with Crippen molar-refractivity contribution >= 4 is 5.91 Å². The minimum atomic E-state index is 0.232. The number of likely N-dealkylation sites (tertiary alicyclic amines) is 1. The highest BCUT2D eigenvalue weighted by Gasteiger charge is 2.31. The zero-order valence-electron chi connectivity index (χ0n) is 13.9. The van der Waals surface area contributed by atoms with E-state index < -0.39 is 0 Å². The molecule has 2 aliphatic rings. The number of amides is 1. The number of para-hydroxylation sites is 1. The van der Waals surface area contributed by atoms with Crippen LogP contribution in [0.15, 0.2) is 42.7 Å². The molecule has 1 aromatic carbocycles. The van der Waals surface area contributed by atoms with Gasteiger partial charge >= 0.3 is 0 Å². The SMILES string of the molecule is O=C(Cc1cnn(-c2ccccc2)c1)N1CC[C@@H]2CNC[C@@H]2CC1. The monoisotopic (exact) mass is 324 g/mol. The summed E-state index contributed by atoms with van der Waals surface area (Å²) in [5.74, 6) is 1.74. The van der Waals surface area contributed by atoms with Crippen LogP contribution in [0.4, 0.5) is 0 Å². The molecule has 0 bridgehead atoms. The number of rotatable bonds is 3. The Balaban J connectivity index is 1.38. The van der Waals surface area contributed by atoms with Crippen LogP contribution in [0, 0.1) is 11.8 Å². The Labute approximate surface area is 142 Å². The number of fused-ring (bicyclic) bond motifs is 1.